The van der Waals surface area contributed by atoms with E-state index >= 15 is 0 Å². The van der Waals surface area contributed by atoms with Crippen LogP contribution >= 0.6 is 0 Å². The predicted octanol–water partition coefficient (Wildman–Crippen LogP) is 4.40. The van der Waals surface area contributed by atoms with Crippen LogP contribution < -0.4 is 10.6 Å². The lowest BCUT2D eigenvalue weighted by molar-refractivity contribution is 0.237. The minimum absolute atomic E-state index is 0. The zero-order chi connectivity index (χ0) is 22.4. The number of rotatable bonds is 6. The Balaban J connectivity index is 0.00000363. The first-order valence-electron chi connectivity index (χ1n) is 11.2. The summed E-state index contributed by atoms with van der Waals surface area (Å²) < 4.78 is 14.6. The minimum atomic E-state index is -0.250. The molecule has 1 fully saturated rings. The van der Waals surface area contributed by atoms with Crippen LogP contribution in [0.25, 0.3) is 5.57 Å². The molecule has 1 aromatic carbocycles. The second kappa shape index (κ2) is 11.4. The van der Waals surface area contributed by atoms with E-state index in [0.717, 1.165) is 61.8 Å². The van der Waals surface area contributed by atoms with Crippen molar-refractivity contribution in [1.29, 1.82) is 0 Å². The molecular formula is C26H40FN5. The summed E-state index contributed by atoms with van der Waals surface area (Å²) in [4.78, 5) is 9.19. The molecule has 0 aliphatic carbocycles. The molecule has 32 heavy (non-hydrogen) atoms. The number of hydrogen-bond acceptors (Lipinski definition) is 4. The molecule has 0 spiro atoms. The van der Waals surface area contributed by atoms with Crippen LogP contribution in [-0.4, -0.2) is 60.9 Å². The number of aryl methyl sites for hydroxylation is 1. The molecule has 2 aliphatic rings. The number of halogens is 1. The zero-order valence-electron chi connectivity index (χ0n) is 19.3. The van der Waals surface area contributed by atoms with Gasteiger partial charge < -0.3 is 15.5 Å². The molecule has 0 radical (unpaired) electrons. The molecule has 6 heteroatoms. The maximum atomic E-state index is 14.6. The molecule has 0 saturated carbocycles. The Kier molecular flexibility index (Phi) is 9.22. The monoisotopic (exact) mass is 441 g/mol. The van der Waals surface area contributed by atoms with Crippen molar-refractivity contribution in [2.75, 3.05) is 39.8 Å². The highest BCUT2D eigenvalue weighted by atomic mass is 19.1. The Morgan fingerprint density at radius 3 is 2.84 bits per heavy atom. The minimum Gasteiger partial charge on any atom is -0.337 e. The summed E-state index contributed by atoms with van der Waals surface area (Å²) in [5, 5.41) is 6.98. The standard InChI is InChI=1S/C25H36FN5.CH4/c1-6-19-9-10-22(26)21(17-19)20(7-2)24-29-23(11-15-30(24)5)27-13-16-31-14-8-12-28-25(3,4)18-31;/h7,9-11,15,17,28H,2,6,8,12-14,16,18H2,1,3-5H3,(H,27,29);1H4/b24-20+;. The van der Waals surface area contributed by atoms with E-state index in [4.69, 9.17) is 4.99 Å². The summed E-state index contributed by atoms with van der Waals surface area (Å²) in [6.07, 6.45) is 7.62. The number of nitrogens with zero attached hydrogens (tertiary/aromatic N) is 3. The van der Waals surface area contributed by atoms with Gasteiger partial charge in [-0.25, -0.2) is 4.39 Å². The first kappa shape index (κ1) is 25.8. The summed E-state index contributed by atoms with van der Waals surface area (Å²) >= 11 is 0. The molecule has 5 nitrogen and oxygen atoms in total. The molecule has 2 N–H and O–H groups in total. The van der Waals surface area contributed by atoms with E-state index in [9.17, 15) is 4.39 Å². The quantitative estimate of drug-likeness (QED) is 0.687. The van der Waals surface area contributed by atoms with Gasteiger partial charge in [0, 0.05) is 43.0 Å². The van der Waals surface area contributed by atoms with Crippen LogP contribution in [0, 0.1) is 5.82 Å². The first-order chi connectivity index (χ1) is 14.8. The van der Waals surface area contributed by atoms with Crippen molar-refractivity contribution in [2.24, 2.45) is 4.99 Å². The molecule has 176 valence electrons. The van der Waals surface area contributed by atoms with Gasteiger partial charge in [0.05, 0.1) is 6.54 Å². The molecule has 2 aliphatic heterocycles. The highest BCUT2D eigenvalue weighted by molar-refractivity contribution is 5.96. The van der Waals surface area contributed by atoms with Gasteiger partial charge >= 0.3 is 0 Å². The fourth-order valence-electron chi connectivity index (χ4n) is 4.12. The number of hydrogen-bond donors (Lipinski definition) is 2. The third kappa shape index (κ3) is 6.53. The van der Waals surface area contributed by atoms with Gasteiger partial charge in [0.2, 0.25) is 0 Å². The average Bonchev–Trinajstić information content (AvgIpc) is 2.91. The maximum Gasteiger partial charge on any atom is 0.131 e. The lowest BCUT2D eigenvalue weighted by atomic mass is 10.0. The number of allylic oxidation sites excluding steroid dienone is 2. The van der Waals surface area contributed by atoms with Gasteiger partial charge in [-0.2, -0.15) is 0 Å². The molecule has 2 heterocycles. The lowest BCUT2D eigenvalue weighted by Crippen LogP contribution is -2.46. The van der Waals surface area contributed by atoms with Gasteiger partial charge in [0.1, 0.15) is 17.5 Å². The molecule has 0 unspecified atom stereocenters. The van der Waals surface area contributed by atoms with Crippen molar-refractivity contribution < 1.29 is 4.39 Å². The van der Waals surface area contributed by atoms with Crippen molar-refractivity contribution in [2.45, 2.75) is 46.6 Å². The third-order valence-corrected chi connectivity index (χ3v) is 5.82. The van der Waals surface area contributed by atoms with Crippen molar-refractivity contribution >= 4 is 11.4 Å². The number of benzene rings is 1. The topological polar surface area (TPSA) is 42.9 Å². The lowest BCUT2D eigenvalue weighted by Gasteiger charge is -2.30. The molecular weight excluding hydrogens is 401 g/mol. The number of aliphatic imine (C=N–C) groups is 1. The van der Waals surface area contributed by atoms with Crippen LogP contribution in [0.15, 0.2) is 53.9 Å². The van der Waals surface area contributed by atoms with E-state index in [0.29, 0.717) is 12.1 Å². The van der Waals surface area contributed by atoms with E-state index in [-0.39, 0.29) is 18.8 Å². The van der Waals surface area contributed by atoms with Gasteiger partial charge in [-0.1, -0.05) is 33.1 Å². The molecule has 0 aromatic heterocycles. The number of nitrogens with one attached hydrogen (secondary N) is 2. The summed E-state index contributed by atoms with van der Waals surface area (Å²) in [6, 6.07) is 5.26. The zero-order valence-corrected chi connectivity index (χ0v) is 19.3. The molecule has 3 rings (SSSR count). The van der Waals surface area contributed by atoms with Crippen LogP contribution in [0.4, 0.5) is 4.39 Å². The maximum absolute atomic E-state index is 14.6. The average molecular weight is 442 g/mol. The Bertz CT molecular complexity index is 884. The van der Waals surface area contributed by atoms with Gasteiger partial charge in [-0.3, -0.25) is 9.89 Å². The van der Waals surface area contributed by atoms with Crippen LogP contribution in [0.1, 0.15) is 45.7 Å². The van der Waals surface area contributed by atoms with Crippen LogP contribution in [0.5, 0.6) is 0 Å². The number of amidine groups is 1. The second-order valence-corrected chi connectivity index (χ2v) is 8.89. The predicted molar refractivity (Wildman–Crippen MR) is 135 cm³/mol. The summed E-state index contributed by atoms with van der Waals surface area (Å²) in [6.45, 7) is 15.3. The van der Waals surface area contributed by atoms with Gasteiger partial charge in [0.25, 0.3) is 0 Å². The van der Waals surface area contributed by atoms with Gasteiger partial charge in [-0.15, -0.1) is 0 Å². The van der Waals surface area contributed by atoms with E-state index < -0.39 is 0 Å². The van der Waals surface area contributed by atoms with E-state index in [1.54, 1.807) is 6.08 Å². The summed E-state index contributed by atoms with van der Waals surface area (Å²) in [5.41, 5.74) is 2.50. The Morgan fingerprint density at radius 1 is 1.34 bits per heavy atom. The highest BCUT2D eigenvalue weighted by Gasteiger charge is 2.23. The molecule has 1 saturated heterocycles. The van der Waals surface area contributed by atoms with Crippen LogP contribution in [-0.2, 0) is 6.42 Å². The summed E-state index contributed by atoms with van der Waals surface area (Å²) in [5.74, 6) is 1.32. The van der Waals surface area contributed by atoms with Crippen molar-refractivity contribution in [1.82, 2.24) is 20.4 Å². The fraction of sp³-hybridized carbons (Fsp3) is 0.500. The SMILES string of the molecule is C.C=C/C(=C1/NC(=NCCN2CCCNC(C)(C)C2)C=CN1C)c1cc(CC)ccc1F. The van der Waals surface area contributed by atoms with Crippen molar-refractivity contribution in [3.63, 3.8) is 0 Å². The van der Waals surface area contributed by atoms with Crippen molar-refractivity contribution in [3.05, 3.63) is 65.9 Å². The first-order valence-corrected chi connectivity index (χ1v) is 11.2. The van der Waals surface area contributed by atoms with Crippen LogP contribution in [0.3, 0.4) is 0 Å². The Labute approximate surface area is 193 Å². The Morgan fingerprint density at radius 2 is 2.12 bits per heavy atom. The highest BCUT2D eigenvalue weighted by Crippen LogP contribution is 2.26. The van der Waals surface area contributed by atoms with E-state index in [1.165, 1.54) is 6.07 Å². The van der Waals surface area contributed by atoms with Gasteiger partial charge in [0.15, 0.2) is 0 Å². The molecule has 0 bridgehead atoms. The van der Waals surface area contributed by atoms with E-state index in [1.807, 2.05) is 36.4 Å². The Hall–Kier alpha value is -2.44. The van der Waals surface area contributed by atoms with Crippen molar-refractivity contribution in [3.8, 4) is 0 Å². The largest absolute Gasteiger partial charge is 0.337 e. The van der Waals surface area contributed by atoms with Crippen LogP contribution in [0.2, 0.25) is 0 Å². The summed E-state index contributed by atoms with van der Waals surface area (Å²) in [7, 11) is 1.94. The molecule has 0 atom stereocenters. The van der Waals surface area contributed by atoms with Gasteiger partial charge in [-0.05, 0) is 63.6 Å². The second-order valence-electron chi connectivity index (χ2n) is 8.89. The van der Waals surface area contributed by atoms with E-state index in [2.05, 4.69) is 42.9 Å². The molecule has 0 amide bonds. The fourth-order valence-corrected chi connectivity index (χ4v) is 4.12. The smallest absolute Gasteiger partial charge is 0.131 e. The molecule has 1 aromatic rings. The normalized spacial score (nSPS) is 21.5. The third-order valence-electron chi connectivity index (χ3n) is 5.82.